The van der Waals surface area contributed by atoms with Crippen LogP contribution in [0, 0.1) is 0 Å². The zero-order valence-corrected chi connectivity index (χ0v) is 12.7. The van der Waals surface area contributed by atoms with Crippen molar-refractivity contribution in [1.82, 2.24) is 10.2 Å². The van der Waals surface area contributed by atoms with Crippen molar-refractivity contribution < 1.29 is 0 Å². The molecule has 0 amide bonds. The first kappa shape index (κ1) is 17.2. The van der Waals surface area contributed by atoms with E-state index < -0.39 is 0 Å². The van der Waals surface area contributed by atoms with Gasteiger partial charge in [0.25, 0.3) is 0 Å². The zero-order valence-electron chi connectivity index (χ0n) is 10.2. The van der Waals surface area contributed by atoms with Crippen molar-refractivity contribution in [3.63, 3.8) is 0 Å². The van der Waals surface area contributed by atoms with E-state index in [4.69, 9.17) is 0 Å². The second-order valence-corrected chi connectivity index (χ2v) is 5.16. The van der Waals surface area contributed by atoms with Crippen LogP contribution < -0.4 is 5.32 Å². The zero-order chi connectivity index (χ0) is 10.5. The van der Waals surface area contributed by atoms with Crippen LogP contribution in [0.4, 0.5) is 0 Å². The van der Waals surface area contributed by atoms with Crippen LogP contribution in [0.25, 0.3) is 0 Å². The van der Waals surface area contributed by atoms with Gasteiger partial charge in [-0.25, -0.2) is 0 Å². The van der Waals surface area contributed by atoms with Crippen LogP contribution in [0.5, 0.6) is 0 Å². The predicted octanol–water partition coefficient (Wildman–Crippen LogP) is 3.17. The quantitative estimate of drug-likeness (QED) is 0.918. The number of thiophene rings is 1. The molecule has 1 aliphatic heterocycles. The van der Waals surface area contributed by atoms with E-state index in [9.17, 15) is 0 Å². The highest BCUT2D eigenvalue weighted by Crippen LogP contribution is 2.17. The highest BCUT2D eigenvalue weighted by Gasteiger charge is 2.19. The molecule has 17 heavy (non-hydrogen) atoms. The molecular weight excluding hydrogens is 275 g/mol. The fourth-order valence-electron chi connectivity index (χ4n) is 2.27. The average Bonchev–Trinajstić information content (AvgIpc) is 2.80. The van der Waals surface area contributed by atoms with E-state index >= 15 is 0 Å². The third-order valence-corrected chi connectivity index (χ3v) is 4.03. The number of hydrogen-bond donors (Lipinski definition) is 1. The maximum atomic E-state index is 3.43. The molecule has 0 unspecified atom stereocenters. The molecule has 100 valence electrons. The SMILES string of the molecule is CCN(Cc1cccs1)C1CCNCC1.Cl.Cl. The van der Waals surface area contributed by atoms with Gasteiger partial charge in [0.2, 0.25) is 0 Å². The summed E-state index contributed by atoms with van der Waals surface area (Å²) in [4.78, 5) is 4.11. The fourth-order valence-corrected chi connectivity index (χ4v) is 3.00. The van der Waals surface area contributed by atoms with Gasteiger partial charge in [-0.3, -0.25) is 4.90 Å². The molecule has 1 N–H and O–H groups in total. The van der Waals surface area contributed by atoms with E-state index in [1.165, 1.54) is 37.4 Å². The maximum Gasteiger partial charge on any atom is 0.0330 e. The van der Waals surface area contributed by atoms with Crippen LogP contribution in [0.15, 0.2) is 17.5 Å². The van der Waals surface area contributed by atoms with Crippen molar-refractivity contribution in [2.75, 3.05) is 19.6 Å². The van der Waals surface area contributed by atoms with Gasteiger partial charge >= 0.3 is 0 Å². The molecule has 2 heterocycles. The van der Waals surface area contributed by atoms with Gasteiger partial charge in [-0.05, 0) is 43.9 Å². The minimum Gasteiger partial charge on any atom is -0.317 e. The molecule has 0 aliphatic carbocycles. The number of nitrogens with one attached hydrogen (secondary N) is 1. The second kappa shape index (κ2) is 9.17. The van der Waals surface area contributed by atoms with E-state index in [0.29, 0.717) is 0 Å². The smallest absolute Gasteiger partial charge is 0.0330 e. The van der Waals surface area contributed by atoms with Gasteiger partial charge in [-0.2, -0.15) is 0 Å². The molecule has 2 nitrogen and oxygen atoms in total. The first-order valence-electron chi connectivity index (χ1n) is 5.87. The number of hydrogen-bond acceptors (Lipinski definition) is 3. The lowest BCUT2D eigenvalue weighted by molar-refractivity contribution is 0.163. The number of nitrogens with zero attached hydrogens (tertiary/aromatic N) is 1. The van der Waals surface area contributed by atoms with E-state index in [1.807, 2.05) is 11.3 Å². The Balaban J connectivity index is 0.00000128. The third-order valence-electron chi connectivity index (χ3n) is 3.17. The van der Waals surface area contributed by atoms with Crippen LogP contribution >= 0.6 is 36.2 Å². The minimum atomic E-state index is 0. The monoisotopic (exact) mass is 296 g/mol. The molecule has 0 bridgehead atoms. The first-order valence-corrected chi connectivity index (χ1v) is 6.75. The summed E-state index contributed by atoms with van der Waals surface area (Å²) in [5.41, 5.74) is 0. The summed E-state index contributed by atoms with van der Waals surface area (Å²) >= 11 is 1.87. The summed E-state index contributed by atoms with van der Waals surface area (Å²) in [5.74, 6) is 0. The van der Waals surface area contributed by atoms with Crippen molar-refractivity contribution in [3.05, 3.63) is 22.4 Å². The molecule has 0 atom stereocenters. The molecule has 5 heteroatoms. The fraction of sp³-hybridized carbons (Fsp3) is 0.667. The predicted molar refractivity (Wildman–Crippen MR) is 80.8 cm³/mol. The molecule has 1 aliphatic rings. The Kier molecular flexibility index (Phi) is 9.28. The molecule has 1 aromatic heterocycles. The van der Waals surface area contributed by atoms with E-state index in [1.54, 1.807) is 0 Å². The summed E-state index contributed by atoms with van der Waals surface area (Å²) in [6.45, 7) is 6.95. The second-order valence-electron chi connectivity index (χ2n) is 4.12. The largest absolute Gasteiger partial charge is 0.317 e. The van der Waals surface area contributed by atoms with Gasteiger partial charge in [0.1, 0.15) is 0 Å². The lowest BCUT2D eigenvalue weighted by Crippen LogP contribution is -2.42. The molecule has 0 aromatic carbocycles. The molecule has 1 aromatic rings. The van der Waals surface area contributed by atoms with Crippen molar-refractivity contribution in [2.45, 2.75) is 32.4 Å². The summed E-state index contributed by atoms with van der Waals surface area (Å²) in [7, 11) is 0. The maximum absolute atomic E-state index is 3.43. The van der Waals surface area contributed by atoms with Gasteiger partial charge in [-0.1, -0.05) is 13.0 Å². The number of halogens is 2. The molecule has 0 spiro atoms. The Hall–Kier alpha value is 0.200. The molecule has 1 saturated heterocycles. The van der Waals surface area contributed by atoms with Crippen LogP contribution in [-0.2, 0) is 6.54 Å². The highest BCUT2D eigenvalue weighted by atomic mass is 35.5. The first-order chi connectivity index (χ1) is 7.40. The van der Waals surface area contributed by atoms with Gasteiger partial charge in [0.05, 0.1) is 0 Å². The Morgan fingerprint density at radius 2 is 2.06 bits per heavy atom. The van der Waals surface area contributed by atoms with Crippen molar-refractivity contribution >= 4 is 36.2 Å². The standard InChI is InChI=1S/C12H20N2S.2ClH/c1-2-14(10-12-4-3-9-15-12)11-5-7-13-8-6-11;;/h3-4,9,11,13H,2,5-8,10H2,1H3;2*1H. The van der Waals surface area contributed by atoms with Gasteiger partial charge < -0.3 is 5.32 Å². The summed E-state index contributed by atoms with van der Waals surface area (Å²) < 4.78 is 0. The van der Waals surface area contributed by atoms with Crippen LogP contribution in [-0.4, -0.2) is 30.6 Å². The number of piperidine rings is 1. The Labute approximate surface area is 121 Å². The van der Waals surface area contributed by atoms with Crippen molar-refractivity contribution in [2.24, 2.45) is 0 Å². The molecule has 2 rings (SSSR count). The normalized spacial score (nSPS) is 16.4. The highest BCUT2D eigenvalue weighted by molar-refractivity contribution is 7.09. The van der Waals surface area contributed by atoms with Gasteiger partial charge in [0.15, 0.2) is 0 Å². The average molecular weight is 297 g/mol. The lowest BCUT2D eigenvalue weighted by Gasteiger charge is -2.33. The summed E-state index contributed by atoms with van der Waals surface area (Å²) in [5, 5.41) is 5.60. The Morgan fingerprint density at radius 1 is 1.35 bits per heavy atom. The van der Waals surface area contributed by atoms with Gasteiger partial charge in [-0.15, -0.1) is 36.2 Å². The minimum absolute atomic E-state index is 0. The van der Waals surface area contributed by atoms with Crippen LogP contribution in [0.3, 0.4) is 0 Å². The summed E-state index contributed by atoms with van der Waals surface area (Å²) in [6.07, 6.45) is 2.61. The Morgan fingerprint density at radius 3 is 2.59 bits per heavy atom. The molecule has 0 radical (unpaired) electrons. The topological polar surface area (TPSA) is 15.3 Å². The lowest BCUT2D eigenvalue weighted by atomic mass is 10.0. The molecular formula is C12H22Cl2N2S. The van der Waals surface area contributed by atoms with E-state index in [0.717, 1.165) is 12.6 Å². The van der Waals surface area contributed by atoms with Crippen LogP contribution in [0.1, 0.15) is 24.6 Å². The Bertz CT molecular complexity index is 274. The van der Waals surface area contributed by atoms with E-state index in [2.05, 4.69) is 34.7 Å². The third kappa shape index (κ3) is 5.14. The van der Waals surface area contributed by atoms with Gasteiger partial charge in [0, 0.05) is 17.5 Å². The van der Waals surface area contributed by atoms with Crippen LogP contribution in [0.2, 0.25) is 0 Å². The number of rotatable bonds is 4. The van der Waals surface area contributed by atoms with Crippen molar-refractivity contribution in [3.8, 4) is 0 Å². The molecule has 1 fully saturated rings. The summed E-state index contributed by atoms with van der Waals surface area (Å²) in [6, 6.07) is 5.18. The van der Waals surface area contributed by atoms with Crippen molar-refractivity contribution in [1.29, 1.82) is 0 Å². The van der Waals surface area contributed by atoms with E-state index in [-0.39, 0.29) is 24.8 Å². The molecule has 0 saturated carbocycles.